The highest BCUT2D eigenvalue weighted by molar-refractivity contribution is 7.99. The first-order valence-corrected chi connectivity index (χ1v) is 8.73. The summed E-state index contributed by atoms with van der Waals surface area (Å²) in [6.07, 6.45) is 1.00. The van der Waals surface area contributed by atoms with E-state index < -0.39 is 11.9 Å². The molecule has 2 nitrogen and oxygen atoms in total. The zero-order valence-electron chi connectivity index (χ0n) is 13.4. The Morgan fingerprint density at radius 1 is 1.29 bits per heavy atom. The molecule has 0 saturated heterocycles. The lowest BCUT2D eigenvalue weighted by Gasteiger charge is -2.13. The molecule has 0 radical (unpaired) electrons. The SMILES string of the molecule is Cc1cc(C)c(SCC(F)(F)F)cc1N=C(N)C1=CC(Cl)=CCC1. The van der Waals surface area contributed by atoms with Crippen LogP contribution in [0.3, 0.4) is 0 Å². The smallest absolute Gasteiger partial charge is 0.383 e. The molecular formula is C17H18ClF3N2S. The Hall–Kier alpha value is -1.40. The van der Waals surface area contributed by atoms with Gasteiger partial charge >= 0.3 is 6.18 Å². The van der Waals surface area contributed by atoms with E-state index in [0.29, 0.717) is 21.5 Å². The van der Waals surface area contributed by atoms with Crippen LogP contribution in [0.5, 0.6) is 0 Å². The molecule has 1 aromatic rings. The molecule has 0 aromatic heterocycles. The van der Waals surface area contributed by atoms with Crippen molar-refractivity contribution in [1.82, 2.24) is 0 Å². The van der Waals surface area contributed by atoms with Crippen molar-refractivity contribution in [2.75, 3.05) is 5.75 Å². The monoisotopic (exact) mass is 374 g/mol. The van der Waals surface area contributed by atoms with E-state index in [0.717, 1.165) is 41.3 Å². The van der Waals surface area contributed by atoms with Crippen LogP contribution in [-0.2, 0) is 0 Å². The topological polar surface area (TPSA) is 38.4 Å². The number of alkyl halides is 3. The van der Waals surface area contributed by atoms with Gasteiger partial charge in [-0.25, -0.2) is 4.99 Å². The minimum atomic E-state index is -4.21. The molecule has 0 amide bonds. The lowest BCUT2D eigenvalue weighted by atomic mass is 10.0. The van der Waals surface area contributed by atoms with Gasteiger partial charge in [0.15, 0.2) is 0 Å². The molecular weight excluding hydrogens is 357 g/mol. The number of hydrogen-bond acceptors (Lipinski definition) is 2. The standard InChI is InChI=1S/C17H18ClF3N2S/c1-10-6-11(2)15(24-9-17(19,20)21)8-14(10)23-16(22)12-4-3-5-13(18)7-12/h5-8H,3-4,9H2,1-2H3,(H2,22,23). The summed E-state index contributed by atoms with van der Waals surface area (Å²) >= 11 is 6.74. The van der Waals surface area contributed by atoms with Crippen LogP contribution in [0, 0.1) is 13.8 Å². The second kappa shape index (κ2) is 7.66. The molecule has 2 rings (SSSR count). The van der Waals surface area contributed by atoms with Crippen molar-refractivity contribution in [2.24, 2.45) is 10.7 Å². The first-order chi connectivity index (χ1) is 11.2. The van der Waals surface area contributed by atoms with Gasteiger partial charge in [0.1, 0.15) is 5.84 Å². The molecule has 24 heavy (non-hydrogen) atoms. The highest BCUT2D eigenvalue weighted by atomic mass is 35.5. The number of halogens is 4. The number of amidine groups is 1. The molecule has 0 unspecified atom stereocenters. The normalized spacial score (nSPS) is 16.0. The maximum atomic E-state index is 12.4. The van der Waals surface area contributed by atoms with Crippen molar-refractivity contribution in [3.05, 3.63) is 46.0 Å². The Kier molecular flexibility index (Phi) is 6.04. The van der Waals surface area contributed by atoms with Gasteiger partial charge in [-0.3, -0.25) is 0 Å². The van der Waals surface area contributed by atoms with Crippen molar-refractivity contribution in [2.45, 2.75) is 37.8 Å². The third-order valence-corrected chi connectivity index (χ3v) is 5.01. The molecule has 1 aromatic carbocycles. The number of benzene rings is 1. The molecule has 0 aliphatic heterocycles. The third-order valence-electron chi connectivity index (χ3n) is 3.52. The zero-order chi connectivity index (χ0) is 17.9. The average molecular weight is 375 g/mol. The lowest BCUT2D eigenvalue weighted by molar-refractivity contribution is -0.105. The number of hydrogen-bond donors (Lipinski definition) is 1. The Bertz CT molecular complexity index is 721. The number of aryl methyl sites for hydroxylation is 2. The molecule has 0 fully saturated rings. The fourth-order valence-corrected chi connectivity index (χ4v) is 3.37. The molecule has 130 valence electrons. The summed E-state index contributed by atoms with van der Waals surface area (Å²) < 4.78 is 37.3. The van der Waals surface area contributed by atoms with Crippen molar-refractivity contribution >= 4 is 34.9 Å². The molecule has 2 N–H and O–H groups in total. The van der Waals surface area contributed by atoms with Gasteiger partial charge in [-0.15, -0.1) is 11.8 Å². The third kappa shape index (κ3) is 5.31. The molecule has 0 heterocycles. The second-order valence-electron chi connectivity index (χ2n) is 5.60. The molecule has 0 spiro atoms. The van der Waals surface area contributed by atoms with Crippen LogP contribution >= 0.6 is 23.4 Å². The minimum absolute atomic E-state index is 0.347. The first kappa shape index (κ1) is 18.9. The summed E-state index contributed by atoms with van der Waals surface area (Å²) in [4.78, 5) is 4.96. The van der Waals surface area contributed by atoms with Crippen molar-refractivity contribution in [1.29, 1.82) is 0 Å². The summed E-state index contributed by atoms with van der Waals surface area (Å²) in [6.45, 7) is 3.65. The molecule has 0 atom stereocenters. The van der Waals surface area contributed by atoms with Crippen LogP contribution in [0.2, 0.25) is 0 Å². The molecule has 1 aliphatic carbocycles. The summed E-state index contributed by atoms with van der Waals surface area (Å²) in [5.74, 6) is -0.582. The Morgan fingerprint density at radius 3 is 2.62 bits per heavy atom. The molecule has 7 heteroatoms. The number of allylic oxidation sites excluding steroid dienone is 3. The quantitative estimate of drug-likeness (QED) is 0.411. The van der Waals surface area contributed by atoms with Crippen molar-refractivity contribution in [3.8, 4) is 0 Å². The van der Waals surface area contributed by atoms with Crippen molar-refractivity contribution in [3.63, 3.8) is 0 Å². The maximum absolute atomic E-state index is 12.4. The molecule has 0 bridgehead atoms. The fourth-order valence-electron chi connectivity index (χ4n) is 2.32. The van der Waals surface area contributed by atoms with Gasteiger partial charge < -0.3 is 5.73 Å². The van der Waals surface area contributed by atoms with Gasteiger partial charge in [-0.2, -0.15) is 13.2 Å². The van der Waals surface area contributed by atoms with E-state index >= 15 is 0 Å². The second-order valence-corrected chi connectivity index (χ2v) is 7.06. The van der Waals surface area contributed by atoms with E-state index in [-0.39, 0.29) is 0 Å². The maximum Gasteiger partial charge on any atom is 0.398 e. The number of rotatable bonds is 4. The van der Waals surface area contributed by atoms with Gasteiger partial charge in [0.25, 0.3) is 0 Å². The van der Waals surface area contributed by atoms with Crippen LogP contribution in [-0.4, -0.2) is 17.8 Å². The largest absolute Gasteiger partial charge is 0.398 e. The van der Waals surface area contributed by atoms with Gasteiger partial charge in [-0.1, -0.05) is 23.7 Å². The Morgan fingerprint density at radius 2 is 2.00 bits per heavy atom. The minimum Gasteiger partial charge on any atom is -0.383 e. The average Bonchev–Trinajstić information content (AvgIpc) is 2.47. The summed E-state index contributed by atoms with van der Waals surface area (Å²) in [6, 6.07) is 3.49. The van der Waals surface area contributed by atoms with Crippen LogP contribution in [0.25, 0.3) is 0 Å². The van der Waals surface area contributed by atoms with E-state index in [1.165, 1.54) is 0 Å². The van der Waals surface area contributed by atoms with E-state index in [1.54, 1.807) is 19.1 Å². The predicted molar refractivity (Wildman–Crippen MR) is 95.2 cm³/mol. The van der Waals surface area contributed by atoms with Gasteiger partial charge in [-0.05, 0) is 55.5 Å². The van der Waals surface area contributed by atoms with E-state index in [9.17, 15) is 13.2 Å². The van der Waals surface area contributed by atoms with Crippen LogP contribution < -0.4 is 5.73 Å². The number of aliphatic imine (C=N–C) groups is 1. The zero-order valence-corrected chi connectivity index (χ0v) is 14.9. The first-order valence-electron chi connectivity index (χ1n) is 7.37. The Balaban J connectivity index is 2.29. The summed E-state index contributed by atoms with van der Waals surface area (Å²) in [5.41, 5.74) is 9.13. The Labute approximate surface area is 148 Å². The number of nitrogens with two attached hydrogens (primary N) is 1. The van der Waals surface area contributed by atoms with E-state index in [4.69, 9.17) is 17.3 Å². The van der Waals surface area contributed by atoms with Crippen LogP contribution in [0.1, 0.15) is 24.0 Å². The highest BCUT2D eigenvalue weighted by Crippen LogP contribution is 2.34. The van der Waals surface area contributed by atoms with Crippen molar-refractivity contribution < 1.29 is 13.2 Å². The van der Waals surface area contributed by atoms with Gasteiger partial charge in [0, 0.05) is 9.93 Å². The van der Waals surface area contributed by atoms with E-state index in [2.05, 4.69) is 4.99 Å². The van der Waals surface area contributed by atoms with Gasteiger partial charge in [0.2, 0.25) is 0 Å². The highest BCUT2D eigenvalue weighted by Gasteiger charge is 2.27. The molecule has 1 aliphatic rings. The van der Waals surface area contributed by atoms with Crippen LogP contribution in [0.4, 0.5) is 18.9 Å². The molecule has 0 saturated carbocycles. The summed E-state index contributed by atoms with van der Waals surface area (Å²) in [7, 11) is 0. The van der Waals surface area contributed by atoms with E-state index in [1.807, 2.05) is 19.1 Å². The summed E-state index contributed by atoms with van der Waals surface area (Å²) in [5, 5.41) is 0.622. The lowest BCUT2D eigenvalue weighted by Crippen LogP contribution is -2.15. The predicted octanol–water partition coefficient (Wildman–Crippen LogP) is 5.79. The van der Waals surface area contributed by atoms with Crippen LogP contribution in [0.15, 0.2) is 44.8 Å². The number of nitrogens with zero attached hydrogens (tertiary/aromatic N) is 1. The fraction of sp³-hybridized carbons (Fsp3) is 0.353. The number of thioether (sulfide) groups is 1. The van der Waals surface area contributed by atoms with Gasteiger partial charge in [0.05, 0.1) is 11.4 Å².